The Morgan fingerprint density at radius 1 is 1.14 bits per heavy atom. The van der Waals surface area contributed by atoms with Crippen molar-refractivity contribution >= 4 is 29.3 Å². The van der Waals surface area contributed by atoms with Gasteiger partial charge < -0.3 is 10.2 Å². The second kappa shape index (κ2) is 6.52. The van der Waals surface area contributed by atoms with Gasteiger partial charge in [-0.1, -0.05) is 12.8 Å². The fourth-order valence-corrected chi connectivity index (χ4v) is 3.75. The number of carbonyl (C=O) groups is 2. The van der Waals surface area contributed by atoms with E-state index in [2.05, 4.69) is 5.32 Å². The van der Waals surface area contributed by atoms with Gasteiger partial charge in [-0.15, -0.1) is 11.8 Å². The highest BCUT2D eigenvalue weighted by Crippen LogP contribution is 2.31. The smallest absolute Gasteiger partial charge is 0.253 e. The summed E-state index contributed by atoms with van der Waals surface area (Å²) >= 11 is 1.66. The van der Waals surface area contributed by atoms with E-state index < -0.39 is 0 Å². The molecule has 1 saturated heterocycles. The lowest BCUT2D eigenvalue weighted by atomic mass is 10.1. The monoisotopic (exact) mass is 304 g/mol. The molecule has 0 radical (unpaired) electrons. The van der Waals surface area contributed by atoms with Crippen LogP contribution in [0.1, 0.15) is 42.5 Å². The average molecular weight is 304 g/mol. The molecule has 21 heavy (non-hydrogen) atoms. The van der Waals surface area contributed by atoms with Gasteiger partial charge in [0.15, 0.2) is 0 Å². The van der Waals surface area contributed by atoms with Crippen LogP contribution < -0.4 is 5.32 Å². The van der Waals surface area contributed by atoms with Gasteiger partial charge >= 0.3 is 0 Å². The van der Waals surface area contributed by atoms with Crippen LogP contribution in [0.2, 0.25) is 0 Å². The normalized spacial score (nSPS) is 19.2. The molecular formula is C16H20N2O2S. The molecule has 4 nitrogen and oxygen atoms in total. The van der Waals surface area contributed by atoms with Crippen molar-refractivity contribution < 1.29 is 9.59 Å². The van der Waals surface area contributed by atoms with E-state index in [9.17, 15) is 9.59 Å². The first kappa shape index (κ1) is 14.4. The number of benzene rings is 1. The first-order valence-corrected chi connectivity index (χ1v) is 8.58. The summed E-state index contributed by atoms with van der Waals surface area (Å²) in [5.74, 6) is 0.905. The van der Waals surface area contributed by atoms with Gasteiger partial charge in [0.2, 0.25) is 5.91 Å². The number of fused-ring (bicyclic) bond motifs is 1. The molecule has 1 fully saturated rings. The Kier molecular flexibility index (Phi) is 4.48. The zero-order valence-corrected chi connectivity index (χ0v) is 12.9. The molecule has 0 aromatic heterocycles. The minimum absolute atomic E-state index is 0.0284. The average Bonchev–Trinajstić information content (AvgIpc) is 2.85. The summed E-state index contributed by atoms with van der Waals surface area (Å²) in [6.07, 6.45) is 5.11. The third-order valence-electron chi connectivity index (χ3n) is 3.98. The van der Waals surface area contributed by atoms with Crippen molar-refractivity contribution in [3.05, 3.63) is 23.8 Å². The van der Waals surface area contributed by atoms with Gasteiger partial charge in [0.1, 0.15) is 0 Å². The van der Waals surface area contributed by atoms with Crippen LogP contribution in [-0.4, -0.2) is 35.6 Å². The van der Waals surface area contributed by atoms with Gasteiger partial charge in [0, 0.05) is 35.7 Å². The molecule has 112 valence electrons. The van der Waals surface area contributed by atoms with Gasteiger partial charge in [0.25, 0.3) is 5.91 Å². The molecule has 2 aliphatic rings. The number of hydrogen-bond donors (Lipinski definition) is 1. The van der Waals surface area contributed by atoms with Crippen molar-refractivity contribution in [1.82, 2.24) is 4.90 Å². The van der Waals surface area contributed by atoms with Crippen LogP contribution in [0.4, 0.5) is 5.69 Å². The molecule has 0 spiro atoms. The number of anilines is 1. The summed E-state index contributed by atoms with van der Waals surface area (Å²) in [7, 11) is 0. The molecule has 1 aromatic rings. The van der Waals surface area contributed by atoms with Crippen molar-refractivity contribution in [1.29, 1.82) is 0 Å². The molecule has 3 rings (SSSR count). The number of rotatable bonds is 1. The molecule has 2 amide bonds. The van der Waals surface area contributed by atoms with Gasteiger partial charge in [-0.25, -0.2) is 0 Å². The van der Waals surface area contributed by atoms with E-state index in [4.69, 9.17) is 0 Å². The molecule has 1 N–H and O–H groups in total. The molecule has 0 atom stereocenters. The zero-order valence-electron chi connectivity index (χ0n) is 12.1. The van der Waals surface area contributed by atoms with E-state index in [1.165, 1.54) is 12.8 Å². The molecule has 0 saturated carbocycles. The highest BCUT2D eigenvalue weighted by molar-refractivity contribution is 7.99. The standard InChI is InChI=1S/C16H20N2O2S/c19-15-7-10-21-14-6-5-12(11-13(14)17-15)16(20)18-8-3-1-2-4-9-18/h5-6,11H,1-4,7-10H2,(H,17,19). The molecular weight excluding hydrogens is 284 g/mol. The number of hydrogen-bond acceptors (Lipinski definition) is 3. The van der Waals surface area contributed by atoms with Gasteiger partial charge in [-0.05, 0) is 31.0 Å². The number of carbonyl (C=O) groups excluding carboxylic acids is 2. The third-order valence-corrected chi connectivity index (χ3v) is 5.06. The maximum absolute atomic E-state index is 12.6. The van der Waals surface area contributed by atoms with Crippen LogP contribution in [0.25, 0.3) is 0 Å². The molecule has 0 bridgehead atoms. The molecule has 0 aliphatic carbocycles. The van der Waals surface area contributed by atoms with Crippen LogP contribution in [0.5, 0.6) is 0 Å². The fourth-order valence-electron chi connectivity index (χ4n) is 2.81. The van der Waals surface area contributed by atoms with E-state index in [0.29, 0.717) is 12.0 Å². The summed E-state index contributed by atoms with van der Waals surface area (Å²) in [5, 5.41) is 2.90. The Morgan fingerprint density at radius 3 is 2.67 bits per heavy atom. The summed E-state index contributed by atoms with van der Waals surface area (Å²) < 4.78 is 0. The first-order chi connectivity index (χ1) is 10.2. The van der Waals surface area contributed by atoms with E-state index in [1.807, 2.05) is 23.1 Å². The van der Waals surface area contributed by atoms with Crippen molar-refractivity contribution in [2.24, 2.45) is 0 Å². The SMILES string of the molecule is O=C1CCSc2ccc(C(=O)N3CCCCCC3)cc2N1. The van der Waals surface area contributed by atoms with E-state index in [1.54, 1.807) is 11.8 Å². The van der Waals surface area contributed by atoms with Crippen molar-refractivity contribution in [2.75, 3.05) is 24.2 Å². The lowest BCUT2D eigenvalue weighted by molar-refractivity contribution is -0.115. The molecule has 5 heteroatoms. The van der Waals surface area contributed by atoms with E-state index in [0.717, 1.165) is 42.3 Å². The maximum atomic E-state index is 12.6. The Hall–Kier alpha value is -1.49. The van der Waals surface area contributed by atoms with Gasteiger partial charge in [-0.3, -0.25) is 9.59 Å². The van der Waals surface area contributed by atoms with E-state index >= 15 is 0 Å². The number of likely N-dealkylation sites (tertiary alicyclic amines) is 1. The Bertz CT molecular complexity index is 551. The molecule has 1 aromatic carbocycles. The summed E-state index contributed by atoms with van der Waals surface area (Å²) in [5.41, 5.74) is 1.46. The van der Waals surface area contributed by atoms with Crippen LogP contribution in [0.15, 0.2) is 23.1 Å². The second-order valence-corrected chi connectivity index (χ2v) is 6.70. The van der Waals surface area contributed by atoms with Gasteiger partial charge in [0.05, 0.1) is 5.69 Å². The Morgan fingerprint density at radius 2 is 1.90 bits per heavy atom. The zero-order chi connectivity index (χ0) is 14.7. The van der Waals surface area contributed by atoms with E-state index in [-0.39, 0.29) is 11.8 Å². The molecule has 0 unspecified atom stereocenters. The molecule has 2 aliphatic heterocycles. The first-order valence-electron chi connectivity index (χ1n) is 7.60. The van der Waals surface area contributed by atoms with Crippen molar-refractivity contribution in [3.63, 3.8) is 0 Å². The number of nitrogens with zero attached hydrogens (tertiary/aromatic N) is 1. The number of thioether (sulfide) groups is 1. The number of amides is 2. The predicted octanol–water partition coefficient (Wildman–Crippen LogP) is 3.14. The minimum atomic E-state index is 0.0284. The largest absolute Gasteiger partial charge is 0.339 e. The molecule has 2 heterocycles. The topological polar surface area (TPSA) is 49.4 Å². The quantitative estimate of drug-likeness (QED) is 0.867. The number of nitrogens with one attached hydrogen (secondary N) is 1. The maximum Gasteiger partial charge on any atom is 0.253 e. The fraction of sp³-hybridized carbons (Fsp3) is 0.500. The van der Waals surface area contributed by atoms with Crippen molar-refractivity contribution in [3.8, 4) is 0 Å². The summed E-state index contributed by atoms with van der Waals surface area (Å²) in [4.78, 5) is 27.3. The Labute approximate surface area is 129 Å². The summed E-state index contributed by atoms with van der Waals surface area (Å²) in [6, 6.07) is 5.67. The highest BCUT2D eigenvalue weighted by atomic mass is 32.2. The predicted molar refractivity (Wildman–Crippen MR) is 84.8 cm³/mol. The van der Waals surface area contributed by atoms with Crippen LogP contribution in [-0.2, 0) is 4.79 Å². The van der Waals surface area contributed by atoms with Crippen LogP contribution in [0, 0.1) is 0 Å². The third kappa shape index (κ3) is 3.40. The Balaban J connectivity index is 1.82. The lowest BCUT2D eigenvalue weighted by Crippen LogP contribution is -2.31. The highest BCUT2D eigenvalue weighted by Gasteiger charge is 2.20. The second-order valence-electron chi connectivity index (χ2n) is 5.56. The van der Waals surface area contributed by atoms with Crippen LogP contribution >= 0.6 is 11.8 Å². The minimum Gasteiger partial charge on any atom is -0.339 e. The lowest BCUT2D eigenvalue weighted by Gasteiger charge is -2.21. The summed E-state index contributed by atoms with van der Waals surface area (Å²) in [6.45, 7) is 1.69. The van der Waals surface area contributed by atoms with Crippen LogP contribution in [0.3, 0.4) is 0 Å². The van der Waals surface area contributed by atoms with Gasteiger partial charge in [-0.2, -0.15) is 0 Å². The van der Waals surface area contributed by atoms with Crippen molar-refractivity contribution in [2.45, 2.75) is 37.0 Å².